The molecule has 4 nitrogen and oxygen atoms in total. The minimum absolute atomic E-state index is 0.406. The maximum absolute atomic E-state index is 11.5. The smallest absolute Gasteiger partial charge is 0.248 e. The summed E-state index contributed by atoms with van der Waals surface area (Å²) in [5.74, 6) is -0.406. The van der Waals surface area contributed by atoms with Crippen molar-refractivity contribution in [1.82, 2.24) is 4.90 Å². The molecule has 0 atom stereocenters. The molecule has 0 aliphatic heterocycles. The molecule has 0 saturated heterocycles. The monoisotopic (exact) mass is 311 g/mol. The van der Waals surface area contributed by atoms with Gasteiger partial charge in [0.2, 0.25) is 5.91 Å². The van der Waals surface area contributed by atoms with E-state index in [1.165, 1.54) is 16.7 Å². The first kappa shape index (κ1) is 17.0. The quantitative estimate of drug-likeness (QED) is 0.862. The van der Waals surface area contributed by atoms with Crippen molar-refractivity contribution in [1.29, 1.82) is 0 Å². The van der Waals surface area contributed by atoms with E-state index >= 15 is 0 Å². The number of aryl methyl sites for hydroxylation is 2. The summed E-state index contributed by atoms with van der Waals surface area (Å²) in [7, 11) is 4.05. The van der Waals surface area contributed by atoms with Gasteiger partial charge in [0, 0.05) is 24.3 Å². The molecule has 122 valence electrons. The summed E-state index contributed by atoms with van der Waals surface area (Å²) in [5, 5.41) is 3.48. The first-order valence-electron chi connectivity index (χ1n) is 7.75. The minimum Gasteiger partial charge on any atom is -0.381 e. The van der Waals surface area contributed by atoms with Crippen LogP contribution < -0.4 is 11.1 Å². The summed E-state index contributed by atoms with van der Waals surface area (Å²) in [6.07, 6.45) is 0. The predicted octanol–water partition coefficient (Wildman–Crippen LogP) is 3.08. The highest BCUT2D eigenvalue weighted by molar-refractivity contribution is 5.94. The van der Waals surface area contributed by atoms with Crippen molar-refractivity contribution >= 4 is 11.6 Å². The van der Waals surface area contributed by atoms with Gasteiger partial charge in [-0.2, -0.15) is 0 Å². The van der Waals surface area contributed by atoms with Crippen LogP contribution in [0.4, 0.5) is 5.69 Å². The Kier molecular flexibility index (Phi) is 5.40. The molecule has 0 saturated carbocycles. The molecular weight excluding hydrogens is 286 g/mol. The van der Waals surface area contributed by atoms with Crippen LogP contribution in [0, 0.1) is 13.8 Å². The Labute approximate surface area is 138 Å². The number of carbonyl (C=O) groups is 1. The summed E-state index contributed by atoms with van der Waals surface area (Å²) in [4.78, 5) is 13.6. The first-order valence-corrected chi connectivity index (χ1v) is 7.75. The van der Waals surface area contributed by atoms with Crippen molar-refractivity contribution in [3.05, 3.63) is 64.2 Å². The number of nitrogens with two attached hydrogens (primary N) is 1. The fourth-order valence-corrected chi connectivity index (χ4v) is 2.68. The van der Waals surface area contributed by atoms with Crippen LogP contribution in [-0.2, 0) is 13.1 Å². The number of primary amides is 1. The highest BCUT2D eigenvalue weighted by Crippen LogP contribution is 2.22. The maximum Gasteiger partial charge on any atom is 0.248 e. The van der Waals surface area contributed by atoms with E-state index < -0.39 is 5.91 Å². The Balaban J connectivity index is 2.29. The van der Waals surface area contributed by atoms with Crippen molar-refractivity contribution in [2.45, 2.75) is 26.9 Å². The van der Waals surface area contributed by atoms with Gasteiger partial charge in [0.1, 0.15) is 0 Å². The van der Waals surface area contributed by atoms with Crippen molar-refractivity contribution < 1.29 is 4.79 Å². The van der Waals surface area contributed by atoms with Crippen LogP contribution in [-0.4, -0.2) is 24.9 Å². The number of hydrogen-bond acceptors (Lipinski definition) is 3. The molecule has 2 rings (SSSR count). The van der Waals surface area contributed by atoms with Crippen LogP contribution in [0.3, 0.4) is 0 Å². The third kappa shape index (κ3) is 4.33. The molecule has 0 heterocycles. The summed E-state index contributed by atoms with van der Waals surface area (Å²) in [6.45, 7) is 5.75. The molecule has 2 aromatic carbocycles. The van der Waals surface area contributed by atoms with E-state index in [4.69, 9.17) is 5.73 Å². The van der Waals surface area contributed by atoms with Crippen LogP contribution in [0.5, 0.6) is 0 Å². The molecular formula is C19H25N3O. The molecule has 0 fully saturated rings. The van der Waals surface area contributed by atoms with E-state index in [0.29, 0.717) is 5.56 Å². The zero-order valence-corrected chi connectivity index (χ0v) is 14.3. The van der Waals surface area contributed by atoms with Gasteiger partial charge >= 0.3 is 0 Å². The van der Waals surface area contributed by atoms with E-state index in [9.17, 15) is 4.79 Å². The zero-order valence-electron chi connectivity index (χ0n) is 14.3. The molecule has 0 aliphatic carbocycles. The van der Waals surface area contributed by atoms with Gasteiger partial charge in [0.25, 0.3) is 0 Å². The van der Waals surface area contributed by atoms with Gasteiger partial charge in [0.15, 0.2) is 0 Å². The maximum atomic E-state index is 11.5. The van der Waals surface area contributed by atoms with Crippen molar-refractivity contribution in [2.24, 2.45) is 5.73 Å². The summed E-state index contributed by atoms with van der Waals surface area (Å²) in [5.41, 5.74) is 11.8. The number of rotatable bonds is 6. The first-order chi connectivity index (χ1) is 10.9. The Hall–Kier alpha value is -2.33. The zero-order chi connectivity index (χ0) is 17.0. The van der Waals surface area contributed by atoms with Gasteiger partial charge < -0.3 is 16.0 Å². The number of carbonyl (C=O) groups excluding carboxylic acids is 1. The summed E-state index contributed by atoms with van der Waals surface area (Å²) < 4.78 is 0. The van der Waals surface area contributed by atoms with Crippen LogP contribution in [0.1, 0.15) is 32.6 Å². The number of hydrogen-bond donors (Lipinski definition) is 2. The lowest BCUT2D eigenvalue weighted by Gasteiger charge is -2.18. The predicted molar refractivity (Wildman–Crippen MR) is 95.6 cm³/mol. The van der Waals surface area contributed by atoms with Gasteiger partial charge in [-0.1, -0.05) is 24.3 Å². The molecule has 23 heavy (non-hydrogen) atoms. The third-order valence-corrected chi connectivity index (χ3v) is 3.98. The van der Waals surface area contributed by atoms with E-state index in [1.54, 1.807) is 6.07 Å². The molecule has 0 radical (unpaired) electrons. The lowest BCUT2D eigenvalue weighted by Crippen LogP contribution is -2.16. The second-order valence-electron chi connectivity index (χ2n) is 6.20. The van der Waals surface area contributed by atoms with Crippen molar-refractivity contribution in [3.8, 4) is 0 Å². The topological polar surface area (TPSA) is 58.4 Å². The van der Waals surface area contributed by atoms with E-state index in [2.05, 4.69) is 42.3 Å². The molecule has 3 N–H and O–H groups in total. The van der Waals surface area contributed by atoms with Gasteiger partial charge in [-0.3, -0.25) is 4.79 Å². The number of nitrogens with zero attached hydrogens (tertiary/aromatic N) is 1. The van der Waals surface area contributed by atoms with Crippen LogP contribution in [0.15, 0.2) is 36.4 Å². The normalized spacial score (nSPS) is 10.8. The largest absolute Gasteiger partial charge is 0.381 e. The van der Waals surface area contributed by atoms with Gasteiger partial charge in [-0.15, -0.1) is 0 Å². The second kappa shape index (κ2) is 7.29. The van der Waals surface area contributed by atoms with Crippen molar-refractivity contribution in [2.75, 3.05) is 19.4 Å². The Bertz CT molecular complexity index is 688. The van der Waals surface area contributed by atoms with Crippen molar-refractivity contribution in [3.63, 3.8) is 0 Å². The number of nitrogens with one attached hydrogen (secondary N) is 1. The standard InChI is InChI=1S/C19H25N3O/c1-13-6-5-7-14(2)17(13)11-21-18-10-15(19(20)23)8-9-16(18)12-22(3)4/h5-10,21H,11-12H2,1-4H3,(H2,20,23). The third-order valence-electron chi connectivity index (χ3n) is 3.98. The SMILES string of the molecule is Cc1cccc(C)c1CNc1cc(C(N)=O)ccc1CN(C)C. The molecule has 0 bridgehead atoms. The molecule has 1 amide bonds. The van der Waals surface area contributed by atoms with Gasteiger partial charge in [-0.25, -0.2) is 0 Å². The number of anilines is 1. The highest BCUT2D eigenvalue weighted by Gasteiger charge is 2.09. The number of amides is 1. The van der Waals surface area contributed by atoms with Gasteiger partial charge in [0.05, 0.1) is 0 Å². The number of benzene rings is 2. The minimum atomic E-state index is -0.406. The highest BCUT2D eigenvalue weighted by atomic mass is 16.1. The Morgan fingerprint density at radius 2 is 1.78 bits per heavy atom. The molecule has 2 aromatic rings. The molecule has 0 unspecified atom stereocenters. The molecule has 0 aromatic heterocycles. The lowest BCUT2D eigenvalue weighted by molar-refractivity contribution is 0.100. The van der Waals surface area contributed by atoms with Crippen LogP contribution in [0.25, 0.3) is 0 Å². The summed E-state index contributed by atoms with van der Waals surface area (Å²) in [6, 6.07) is 11.9. The second-order valence-corrected chi connectivity index (χ2v) is 6.20. The molecule has 0 spiro atoms. The molecule has 4 heteroatoms. The summed E-state index contributed by atoms with van der Waals surface area (Å²) >= 11 is 0. The molecule has 0 aliphatic rings. The lowest BCUT2D eigenvalue weighted by atomic mass is 10.0. The van der Waals surface area contributed by atoms with Gasteiger partial charge in [-0.05, 0) is 62.3 Å². The van der Waals surface area contributed by atoms with E-state index in [-0.39, 0.29) is 0 Å². The fraction of sp³-hybridized carbons (Fsp3) is 0.316. The van der Waals surface area contributed by atoms with Crippen LogP contribution >= 0.6 is 0 Å². The average molecular weight is 311 g/mol. The fourth-order valence-electron chi connectivity index (χ4n) is 2.68. The van der Waals surface area contributed by atoms with E-state index in [0.717, 1.165) is 24.3 Å². The Morgan fingerprint density at radius 1 is 1.13 bits per heavy atom. The average Bonchev–Trinajstić information content (AvgIpc) is 2.47. The van der Waals surface area contributed by atoms with Crippen LogP contribution in [0.2, 0.25) is 0 Å². The Morgan fingerprint density at radius 3 is 2.35 bits per heavy atom. The van der Waals surface area contributed by atoms with E-state index in [1.807, 2.05) is 26.2 Å².